The molecule has 1 saturated heterocycles. The number of hydrogen-bond acceptors (Lipinski definition) is 6. The molecule has 0 spiro atoms. The number of aliphatic hydroxyl groups excluding tert-OH is 1. The van der Waals surface area contributed by atoms with E-state index >= 15 is 0 Å². The molecule has 0 aromatic carbocycles. The van der Waals surface area contributed by atoms with Crippen LogP contribution in [0, 0.1) is 0 Å². The van der Waals surface area contributed by atoms with E-state index in [2.05, 4.69) is 15.2 Å². The third-order valence-electron chi connectivity index (χ3n) is 3.65. The van der Waals surface area contributed by atoms with E-state index in [1.807, 2.05) is 10.9 Å². The molecule has 0 unspecified atom stereocenters. The zero-order chi connectivity index (χ0) is 15.5. The summed E-state index contributed by atoms with van der Waals surface area (Å²) in [6.07, 6.45) is 0.141. The van der Waals surface area contributed by atoms with Gasteiger partial charge in [-0.2, -0.15) is 0 Å². The molecule has 1 amide bonds. The average molecular weight is 358 g/mol. The molecule has 0 radical (unpaired) electrons. The second-order valence-corrected chi connectivity index (χ2v) is 7.69. The van der Waals surface area contributed by atoms with Crippen molar-refractivity contribution in [3.63, 3.8) is 0 Å². The molecule has 22 heavy (non-hydrogen) atoms. The number of amides is 1. The van der Waals surface area contributed by atoms with Crippen LogP contribution >= 0.6 is 34.3 Å². The molecule has 2 aromatic heterocycles. The summed E-state index contributed by atoms with van der Waals surface area (Å²) in [6, 6.07) is 3.18. The fourth-order valence-corrected chi connectivity index (χ4v) is 4.03. The van der Waals surface area contributed by atoms with Crippen molar-refractivity contribution in [2.75, 3.05) is 13.1 Å². The summed E-state index contributed by atoms with van der Waals surface area (Å²) in [7, 11) is 0. The number of nitrogens with zero attached hydrogens (tertiary/aromatic N) is 2. The Bertz CT molecular complexity index is 632. The Morgan fingerprint density at radius 3 is 3.05 bits per heavy atom. The molecule has 1 fully saturated rings. The normalized spacial score (nSPS) is 22.6. The number of aliphatic hydroxyl groups is 1. The summed E-state index contributed by atoms with van der Waals surface area (Å²) in [5.41, 5.74) is 2.83. The number of halogens is 1. The molecule has 5 nitrogen and oxygen atoms in total. The van der Waals surface area contributed by atoms with E-state index < -0.39 is 6.10 Å². The molecule has 3 heterocycles. The molecule has 118 valence electrons. The Hall–Kier alpha value is -0.990. The van der Waals surface area contributed by atoms with Gasteiger partial charge in [0, 0.05) is 25.0 Å². The fraction of sp³-hybridized carbons (Fsp3) is 0.429. The third kappa shape index (κ3) is 3.85. The number of thiophene rings is 1. The number of hydrogen-bond donors (Lipinski definition) is 2. The summed E-state index contributed by atoms with van der Waals surface area (Å²) in [6.45, 7) is 2.10. The number of likely N-dealkylation sites (tertiary alicyclic amines) is 1. The van der Waals surface area contributed by atoms with Crippen molar-refractivity contribution in [3.05, 3.63) is 37.9 Å². The van der Waals surface area contributed by atoms with Crippen molar-refractivity contribution in [3.8, 4) is 0 Å². The van der Waals surface area contributed by atoms with E-state index in [-0.39, 0.29) is 11.9 Å². The van der Waals surface area contributed by atoms with Crippen molar-refractivity contribution in [1.82, 2.24) is 15.2 Å². The van der Waals surface area contributed by atoms with Crippen LogP contribution in [0.2, 0.25) is 4.34 Å². The summed E-state index contributed by atoms with van der Waals surface area (Å²) < 4.78 is 0.587. The molecule has 3 rings (SSSR count). The maximum absolute atomic E-state index is 12.1. The molecule has 2 N–H and O–H groups in total. The number of carbonyl (C=O) groups excluding carboxylic acids is 1. The monoisotopic (exact) mass is 357 g/mol. The van der Waals surface area contributed by atoms with Gasteiger partial charge in [0.05, 0.1) is 32.6 Å². The lowest BCUT2D eigenvalue weighted by atomic mass is 10.0. The van der Waals surface area contributed by atoms with Gasteiger partial charge in [-0.25, -0.2) is 4.98 Å². The number of aromatic nitrogens is 1. The maximum Gasteiger partial charge on any atom is 0.261 e. The first kappa shape index (κ1) is 15.9. The Labute approximate surface area is 141 Å². The van der Waals surface area contributed by atoms with Crippen LogP contribution in [-0.4, -0.2) is 46.1 Å². The highest BCUT2D eigenvalue weighted by Gasteiger charge is 2.29. The van der Waals surface area contributed by atoms with Gasteiger partial charge in [-0.15, -0.1) is 22.7 Å². The highest BCUT2D eigenvalue weighted by Crippen LogP contribution is 2.22. The fourth-order valence-electron chi connectivity index (χ4n) is 2.53. The van der Waals surface area contributed by atoms with Gasteiger partial charge in [0.15, 0.2) is 0 Å². The van der Waals surface area contributed by atoms with Gasteiger partial charge in [-0.3, -0.25) is 9.69 Å². The quantitative estimate of drug-likeness (QED) is 0.880. The number of nitrogens with one attached hydrogen (secondary N) is 1. The van der Waals surface area contributed by atoms with E-state index in [1.165, 1.54) is 11.3 Å². The molecular formula is C14H16ClN3O2S2. The summed E-state index contributed by atoms with van der Waals surface area (Å²) in [5.74, 6) is -0.172. The SMILES string of the molecule is O=C(N[C@@H]1CCN(Cc2cscn2)C[C@H]1O)c1ccc(Cl)s1. The van der Waals surface area contributed by atoms with Crippen LogP contribution in [0.25, 0.3) is 0 Å². The molecule has 1 aliphatic rings. The van der Waals surface area contributed by atoms with Crippen molar-refractivity contribution in [1.29, 1.82) is 0 Å². The first-order chi connectivity index (χ1) is 10.6. The Morgan fingerprint density at radius 1 is 1.55 bits per heavy atom. The number of carbonyl (C=O) groups is 1. The highest BCUT2D eigenvalue weighted by molar-refractivity contribution is 7.18. The second kappa shape index (κ2) is 7.06. The molecule has 0 aliphatic carbocycles. The van der Waals surface area contributed by atoms with Gasteiger partial charge in [0.2, 0.25) is 0 Å². The van der Waals surface area contributed by atoms with Crippen LogP contribution in [0.3, 0.4) is 0 Å². The van der Waals surface area contributed by atoms with E-state index in [9.17, 15) is 9.90 Å². The van der Waals surface area contributed by atoms with Gasteiger partial charge in [-0.1, -0.05) is 11.6 Å². The van der Waals surface area contributed by atoms with Crippen LogP contribution in [0.4, 0.5) is 0 Å². The smallest absolute Gasteiger partial charge is 0.261 e. The largest absolute Gasteiger partial charge is 0.390 e. The van der Waals surface area contributed by atoms with Crippen molar-refractivity contribution < 1.29 is 9.90 Å². The van der Waals surface area contributed by atoms with Crippen molar-refractivity contribution in [2.45, 2.75) is 25.1 Å². The lowest BCUT2D eigenvalue weighted by Gasteiger charge is -2.35. The zero-order valence-corrected chi connectivity index (χ0v) is 14.1. The van der Waals surface area contributed by atoms with E-state index in [1.54, 1.807) is 23.5 Å². The molecule has 0 saturated carbocycles. The number of thiazole rings is 1. The van der Waals surface area contributed by atoms with Crippen LogP contribution in [-0.2, 0) is 6.54 Å². The molecule has 8 heteroatoms. The number of β-amino-alcohol motifs (C(OH)–C–C–N with tert-alkyl or cyclic N) is 1. The van der Waals surface area contributed by atoms with Crippen LogP contribution in [0.1, 0.15) is 21.8 Å². The second-order valence-electron chi connectivity index (χ2n) is 5.25. The van der Waals surface area contributed by atoms with E-state index in [4.69, 9.17) is 11.6 Å². The minimum atomic E-state index is -0.577. The minimum absolute atomic E-state index is 0.172. The summed E-state index contributed by atoms with van der Waals surface area (Å²) in [5, 5.41) is 15.2. The van der Waals surface area contributed by atoms with Crippen LogP contribution in [0.15, 0.2) is 23.0 Å². The lowest BCUT2D eigenvalue weighted by molar-refractivity contribution is 0.0347. The Morgan fingerprint density at radius 2 is 2.41 bits per heavy atom. The lowest BCUT2D eigenvalue weighted by Crippen LogP contribution is -2.53. The van der Waals surface area contributed by atoms with E-state index in [0.717, 1.165) is 25.2 Å². The van der Waals surface area contributed by atoms with Gasteiger partial charge >= 0.3 is 0 Å². The number of piperidine rings is 1. The topological polar surface area (TPSA) is 65.5 Å². The highest BCUT2D eigenvalue weighted by atomic mass is 35.5. The maximum atomic E-state index is 12.1. The molecule has 1 aliphatic heterocycles. The number of rotatable bonds is 4. The standard InChI is InChI=1S/C14H16ClN3O2S2/c15-13-2-1-12(22-13)14(20)17-10-3-4-18(6-11(10)19)5-9-7-21-8-16-9/h1-2,7-8,10-11,19H,3-6H2,(H,17,20)/t10-,11-/m1/s1. The summed E-state index contributed by atoms with van der Waals surface area (Å²) >= 11 is 8.65. The molecule has 0 bridgehead atoms. The predicted octanol–water partition coefficient (Wildman–Crippen LogP) is 2.22. The van der Waals surface area contributed by atoms with Crippen molar-refractivity contribution in [2.24, 2.45) is 0 Å². The minimum Gasteiger partial charge on any atom is -0.390 e. The molecular weight excluding hydrogens is 342 g/mol. The van der Waals surface area contributed by atoms with Crippen LogP contribution in [0.5, 0.6) is 0 Å². The van der Waals surface area contributed by atoms with Crippen molar-refractivity contribution >= 4 is 40.2 Å². The van der Waals surface area contributed by atoms with Gasteiger partial charge in [0.25, 0.3) is 5.91 Å². The van der Waals surface area contributed by atoms with Gasteiger partial charge in [0.1, 0.15) is 0 Å². The van der Waals surface area contributed by atoms with Crippen LogP contribution < -0.4 is 5.32 Å². The average Bonchev–Trinajstić information content (AvgIpc) is 3.13. The molecule has 2 aromatic rings. The third-order valence-corrected chi connectivity index (χ3v) is 5.51. The predicted molar refractivity (Wildman–Crippen MR) is 88.6 cm³/mol. The Kier molecular flexibility index (Phi) is 5.10. The van der Waals surface area contributed by atoms with Gasteiger partial charge in [-0.05, 0) is 18.6 Å². The zero-order valence-electron chi connectivity index (χ0n) is 11.7. The first-order valence-corrected chi connectivity index (χ1v) is 9.09. The Balaban J connectivity index is 1.53. The van der Waals surface area contributed by atoms with E-state index in [0.29, 0.717) is 15.8 Å². The van der Waals surface area contributed by atoms with Gasteiger partial charge < -0.3 is 10.4 Å². The first-order valence-electron chi connectivity index (χ1n) is 6.95. The molecule has 2 atom stereocenters. The summed E-state index contributed by atoms with van der Waals surface area (Å²) in [4.78, 5) is 19.1.